The average Bonchev–Trinajstić information content (AvgIpc) is 3.02. The molecule has 0 fully saturated rings. The molecule has 1 aliphatic heterocycles. The number of nitrogens with zero attached hydrogens (tertiary/aromatic N) is 3. The standard InChI is InChI=1S/C16H19N5O3/c1-17-16(23)18-14-9-11-10-20(7-8-21(11)19-14)15(22)12-5-3-4-6-13(12)24-2/h3-6,9H,7-8,10H2,1-2H3,(H2,17,18,19,23). The Morgan fingerprint density at radius 2 is 2.04 bits per heavy atom. The number of carbonyl (C=O) groups excluding carboxylic acids is 2. The third kappa shape index (κ3) is 3.03. The Balaban J connectivity index is 1.77. The number of nitrogens with one attached hydrogen (secondary N) is 2. The van der Waals surface area contributed by atoms with Gasteiger partial charge in [0, 0.05) is 19.7 Å². The van der Waals surface area contributed by atoms with Crippen molar-refractivity contribution in [1.82, 2.24) is 20.0 Å². The van der Waals surface area contributed by atoms with Gasteiger partial charge in [-0.1, -0.05) is 12.1 Å². The number of benzene rings is 1. The van der Waals surface area contributed by atoms with Gasteiger partial charge in [-0.15, -0.1) is 0 Å². The second-order valence-electron chi connectivity index (χ2n) is 5.38. The minimum atomic E-state index is -0.326. The van der Waals surface area contributed by atoms with Gasteiger partial charge in [-0.05, 0) is 12.1 Å². The number of anilines is 1. The summed E-state index contributed by atoms with van der Waals surface area (Å²) in [5.41, 5.74) is 1.41. The van der Waals surface area contributed by atoms with E-state index in [1.807, 2.05) is 12.1 Å². The number of fused-ring (bicyclic) bond motifs is 1. The molecule has 0 bridgehead atoms. The lowest BCUT2D eigenvalue weighted by Crippen LogP contribution is -2.38. The molecular weight excluding hydrogens is 310 g/mol. The van der Waals surface area contributed by atoms with Crippen molar-refractivity contribution in [2.75, 3.05) is 26.0 Å². The summed E-state index contributed by atoms with van der Waals surface area (Å²) in [4.78, 5) is 25.9. The molecule has 8 heteroatoms. The third-order valence-corrected chi connectivity index (χ3v) is 3.89. The van der Waals surface area contributed by atoms with E-state index < -0.39 is 0 Å². The molecule has 3 amide bonds. The van der Waals surface area contributed by atoms with Crippen LogP contribution in [0.5, 0.6) is 5.75 Å². The monoisotopic (exact) mass is 329 g/mol. The number of hydrogen-bond acceptors (Lipinski definition) is 4. The van der Waals surface area contributed by atoms with Crippen LogP contribution in [0.3, 0.4) is 0 Å². The molecule has 0 saturated carbocycles. The van der Waals surface area contributed by atoms with E-state index in [0.717, 1.165) is 5.69 Å². The van der Waals surface area contributed by atoms with Gasteiger partial charge in [0.05, 0.1) is 31.5 Å². The molecule has 2 N–H and O–H groups in total. The lowest BCUT2D eigenvalue weighted by Gasteiger charge is -2.28. The highest BCUT2D eigenvalue weighted by Gasteiger charge is 2.25. The first-order chi connectivity index (χ1) is 11.6. The fourth-order valence-corrected chi connectivity index (χ4v) is 2.67. The Hall–Kier alpha value is -3.03. The highest BCUT2D eigenvalue weighted by Crippen LogP contribution is 2.23. The first-order valence-corrected chi connectivity index (χ1v) is 7.60. The van der Waals surface area contributed by atoms with Crippen molar-refractivity contribution < 1.29 is 14.3 Å². The van der Waals surface area contributed by atoms with E-state index in [4.69, 9.17) is 4.74 Å². The summed E-state index contributed by atoms with van der Waals surface area (Å²) in [5, 5.41) is 9.44. The van der Waals surface area contributed by atoms with Crippen molar-refractivity contribution in [3.8, 4) is 5.75 Å². The van der Waals surface area contributed by atoms with Crippen LogP contribution >= 0.6 is 0 Å². The number of para-hydroxylation sites is 1. The van der Waals surface area contributed by atoms with E-state index in [2.05, 4.69) is 15.7 Å². The molecule has 2 heterocycles. The van der Waals surface area contributed by atoms with Crippen LogP contribution < -0.4 is 15.4 Å². The summed E-state index contributed by atoms with van der Waals surface area (Å²) in [7, 11) is 3.09. The topological polar surface area (TPSA) is 88.5 Å². The van der Waals surface area contributed by atoms with E-state index in [1.54, 1.807) is 41.9 Å². The van der Waals surface area contributed by atoms with E-state index in [9.17, 15) is 9.59 Å². The molecule has 2 aromatic rings. The number of methoxy groups -OCH3 is 1. The third-order valence-electron chi connectivity index (χ3n) is 3.89. The lowest BCUT2D eigenvalue weighted by atomic mass is 10.1. The first-order valence-electron chi connectivity index (χ1n) is 7.60. The maximum atomic E-state index is 12.8. The van der Waals surface area contributed by atoms with Crippen molar-refractivity contribution in [3.63, 3.8) is 0 Å². The fraction of sp³-hybridized carbons (Fsp3) is 0.312. The molecule has 8 nitrogen and oxygen atoms in total. The summed E-state index contributed by atoms with van der Waals surface area (Å²) in [6.45, 7) is 1.55. The van der Waals surface area contributed by atoms with Gasteiger partial charge in [0.25, 0.3) is 5.91 Å². The largest absolute Gasteiger partial charge is 0.496 e. The fourth-order valence-electron chi connectivity index (χ4n) is 2.67. The number of ether oxygens (including phenoxy) is 1. The molecule has 0 unspecified atom stereocenters. The van der Waals surface area contributed by atoms with E-state index >= 15 is 0 Å². The van der Waals surface area contributed by atoms with Crippen molar-refractivity contribution in [1.29, 1.82) is 0 Å². The van der Waals surface area contributed by atoms with Gasteiger partial charge >= 0.3 is 6.03 Å². The summed E-state index contributed by atoms with van der Waals surface area (Å²) < 4.78 is 7.07. The van der Waals surface area contributed by atoms with Gasteiger partial charge in [0.2, 0.25) is 0 Å². The molecular formula is C16H19N5O3. The van der Waals surface area contributed by atoms with Crippen LogP contribution in [0.15, 0.2) is 30.3 Å². The molecule has 126 valence electrons. The smallest absolute Gasteiger partial charge is 0.320 e. The summed E-state index contributed by atoms with van der Waals surface area (Å²) in [6, 6.07) is 8.62. The molecule has 0 saturated heterocycles. The molecule has 3 rings (SSSR count). The summed E-state index contributed by atoms with van der Waals surface area (Å²) in [5.74, 6) is 0.945. The molecule has 0 atom stereocenters. The molecule has 0 radical (unpaired) electrons. The molecule has 0 spiro atoms. The van der Waals surface area contributed by atoms with Crippen molar-refractivity contribution in [2.45, 2.75) is 13.1 Å². The Kier molecular flexibility index (Phi) is 4.37. The number of amides is 3. The Labute approximate surface area is 139 Å². The van der Waals surface area contributed by atoms with Gasteiger partial charge < -0.3 is 15.0 Å². The van der Waals surface area contributed by atoms with Crippen molar-refractivity contribution >= 4 is 17.8 Å². The lowest BCUT2D eigenvalue weighted by molar-refractivity contribution is 0.0703. The van der Waals surface area contributed by atoms with Crippen LogP contribution in [0.2, 0.25) is 0 Å². The molecule has 1 aromatic carbocycles. The minimum Gasteiger partial charge on any atom is -0.496 e. The van der Waals surface area contributed by atoms with E-state index in [0.29, 0.717) is 36.8 Å². The van der Waals surface area contributed by atoms with E-state index in [-0.39, 0.29) is 11.9 Å². The van der Waals surface area contributed by atoms with Gasteiger partial charge in [-0.2, -0.15) is 5.10 Å². The SMILES string of the molecule is CNC(=O)Nc1cc2n(n1)CCN(C(=O)c1ccccc1OC)C2. The van der Waals surface area contributed by atoms with Crippen molar-refractivity contribution in [3.05, 3.63) is 41.6 Å². The maximum Gasteiger partial charge on any atom is 0.320 e. The first kappa shape index (κ1) is 15.9. The molecule has 24 heavy (non-hydrogen) atoms. The van der Waals surface area contributed by atoms with Crippen LogP contribution in [0.4, 0.5) is 10.6 Å². The van der Waals surface area contributed by atoms with Crippen molar-refractivity contribution in [2.24, 2.45) is 0 Å². The zero-order chi connectivity index (χ0) is 17.1. The second-order valence-corrected chi connectivity index (χ2v) is 5.38. The summed E-state index contributed by atoms with van der Waals surface area (Å²) >= 11 is 0. The second kappa shape index (κ2) is 6.61. The number of urea groups is 1. The zero-order valence-electron chi connectivity index (χ0n) is 13.6. The Morgan fingerprint density at radius 1 is 1.25 bits per heavy atom. The van der Waals surface area contributed by atoms with Crippen LogP contribution in [-0.4, -0.2) is 47.3 Å². The van der Waals surface area contributed by atoms with Crippen LogP contribution in [0, 0.1) is 0 Å². The zero-order valence-corrected chi connectivity index (χ0v) is 13.6. The van der Waals surface area contributed by atoms with E-state index in [1.165, 1.54) is 0 Å². The predicted molar refractivity (Wildman–Crippen MR) is 88.0 cm³/mol. The molecule has 0 aliphatic carbocycles. The summed E-state index contributed by atoms with van der Waals surface area (Å²) in [6.07, 6.45) is 0. The number of rotatable bonds is 3. The van der Waals surface area contributed by atoms with Gasteiger partial charge in [-0.25, -0.2) is 4.79 Å². The quantitative estimate of drug-likeness (QED) is 0.888. The highest BCUT2D eigenvalue weighted by molar-refractivity contribution is 5.97. The highest BCUT2D eigenvalue weighted by atomic mass is 16.5. The maximum absolute atomic E-state index is 12.8. The van der Waals surface area contributed by atoms with Gasteiger partial charge in [-0.3, -0.25) is 14.8 Å². The average molecular weight is 329 g/mol. The molecule has 1 aromatic heterocycles. The van der Waals surface area contributed by atoms with Crippen LogP contribution in [0.1, 0.15) is 16.1 Å². The minimum absolute atomic E-state index is 0.0827. The van der Waals surface area contributed by atoms with Crippen LogP contribution in [0.25, 0.3) is 0 Å². The van der Waals surface area contributed by atoms with Gasteiger partial charge in [0.1, 0.15) is 5.75 Å². The normalized spacial score (nSPS) is 13.2. The number of hydrogen-bond donors (Lipinski definition) is 2. The molecule has 1 aliphatic rings. The number of aromatic nitrogens is 2. The number of carbonyl (C=O) groups is 2. The predicted octanol–water partition coefficient (Wildman–Crippen LogP) is 1.30. The Bertz CT molecular complexity index is 771. The van der Waals surface area contributed by atoms with Crippen LogP contribution in [-0.2, 0) is 13.1 Å². The van der Waals surface area contributed by atoms with Gasteiger partial charge in [0.15, 0.2) is 5.82 Å². The Morgan fingerprint density at radius 3 is 2.79 bits per heavy atom.